The second-order valence-corrected chi connectivity index (χ2v) is 7.56. The molecule has 0 radical (unpaired) electrons. The van der Waals surface area contributed by atoms with Crippen LogP contribution in [0.25, 0.3) is 0 Å². The van der Waals surface area contributed by atoms with Crippen LogP contribution in [0.2, 0.25) is 0 Å². The van der Waals surface area contributed by atoms with Crippen LogP contribution >= 0.6 is 0 Å². The van der Waals surface area contributed by atoms with Gasteiger partial charge in [-0.15, -0.1) is 0 Å². The van der Waals surface area contributed by atoms with Crippen LogP contribution in [0.15, 0.2) is 0 Å². The Morgan fingerprint density at radius 2 is 2.00 bits per heavy atom. The van der Waals surface area contributed by atoms with Gasteiger partial charge in [0.25, 0.3) is 0 Å². The Morgan fingerprint density at radius 1 is 1.25 bits per heavy atom. The quantitative estimate of drug-likeness (QED) is 0.348. The van der Waals surface area contributed by atoms with Gasteiger partial charge in [-0.25, -0.2) is 0 Å². The molecule has 72 valence electrons. The van der Waals surface area contributed by atoms with E-state index in [1.807, 2.05) is 0 Å². The Kier molecular flexibility index (Phi) is 2.66. The summed E-state index contributed by atoms with van der Waals surface area (Å²) in [5, 5.41) is 0. The van der Waals surface area contributed by atoms with Gasteiger partial charge in [0.15, 0.2) is 0 Å². The molecular weight excluding hydrogens is 261 g/mol. The second kappa shape index (κ2) is 3.45. The summed E-state index contributed by atoms with van der Waals surface area (Å²) in [5.41, 5.74) is 0.808. The van der Waals surface area contributed by atoms with Crippen LogP contribution in [-0.2, 0) is 0 Å². The van der Waals surface area contributed by atoms with Crippen molar-refractivity contribution in [3.8, 4) is 0 Å². The molecule has 1 heterocycles. The predicted molar refractivity (Wildman–Crippen MR) is 47.6 cm³/mol. The van der Waals surface area contributed by atoms with Gasteiger partial charge in [0.05, 0.1) is 0 Å². The number of hydrogen-bond donors (Lipinski definition) is 0. The SMILES string of the molecule is CC(C)N1CC2(CCC2)CC[I-]1. The number of halogens is 1. The number of nitrogens with zero attached hydrogens (tertiary/aromatic N) is 1. The molecule has 2 fully saturated rings. The molecule has 0 unspecified atom stereocenters. The van der Waals surface area contributed by atoms with Crippen LogP contribution in [-0.4, -0.2) is 20.1 Å². The fourth-order valence-electron chi connectivity index (χ4n) is 2.20. The van der Waals surface area contributed by atoms with Gasteiger partial charge in [-0.1, -0.05) is 0 Å². The van der Waals surface area contributed by atoms with E-state index in [0.29, 0.717) is 21.5 Å². The Labute approximate surface area is 86.5 Å². The molecule has 2 heteroatoms. The first-order chi connectivity index (χ1) is 5.72. The molecule has 1 spiro atoms. The van der Waals surface area contributed by atoms with Gasteiger partial charge < -0.3 is 0 Å². The van der Waals surface area contributed by atoms with Crippen LogP contribution < -0.4 is 21.5 Å². The monoisotopic (exact) mass is 280 g/mol. The average Bonchev–Trinajstić information content (AvgIpc) is 2.02. The van der Waals surface area contributed by atoms with E-state index >= 15 is 0 Å². The number of alkyl halides is 1. The fraction of sp³-hybridized carbons (Fsp3) is 1.00. The van der Waals surface area contributed by atoms with E-state index in [4.69, 9.17) is 0 Å². The van der Waals surface area contributed by atoms with Crippen molar-refractivity contribution < 1.29 is 21.5 Å². The summed E-state index contributed by atoms with van der Waals surface area (Å²) in [6.45, 7) is 6.16. The molecule has 2 rings (SSSR count). The van der Waals surface area contributed by atoms with Crippen molar-refractivity contribution in [1.82, 2.24) is 3.11 Å². The van der Waals surface area contributed by atoms with Crippen molar-refractivity contribution >= 4 is 0 Å². The minimum atomic E-state index is 0.410. The van der Waals surface area contributed by atoms with Crippen LogP contribution in [0.4, 0.5) is 0 Å². The van der Waals surface area contributed by atoms with Crippen LogP contribution in [0, 0.1) is 5.41 Å². The molecule has 1 aliphatic heterocycles. The maximum absolute atomic E-state index is 2.78. The van der Waals surface area contributed by atoms with Gasteiger partial charge in [0.2, 0.25) is 0 Å². The molecule has 2 aliphatic rings. The Morgan fingerprint density at radius 3 is 2.50 bits per heavy atom. The van der Waals surface area contributed by atoms with Crippen molar-refractivity contribution in [2.45, 2.75) is 45.6 Å². The molecular formula is C10H19IN-. The summed E-state index contributed by atoms with van der Waals surface area (Å²) < 4.78 is 4.33. The molecule has 0 aromatic carbocycles. The van der Waals surface area contributed by atoms with E-state index in [9.17, 15) is 0 Å². The molecule has 1 aliphatic carbocycles. The zero-order valence-electron chi connectivity index (χ0n) is 8.15. The van der Waals surface area contributed by atoms with Gasteiger partial charge >= 0.3 is 86.6 Å². The van der Waals surface area contributed by atoms with Gasteiger partial charge in [0.1, 0.15) is 0 Å². The van der Waals surface area contributed by atoms with Crippen molar-refractivity contribution in [3.63, 3.8) is 0 Å². The molecule has 12 heavy (non-hydrogen) atoms. The molecule has 0 amide bonds. The predicted octanol–water partition coefficient (Wildman–Crippen LogP) is -0.725. The molecule has 0 atom stereocenters. The summed E-state index contributed by atoms with van der Waals surface area (Å²) in [5.74, 6) is 0. The average molecular weight is 280 g/mol. The third-order valence-electron chi connectivity index (χ3n) is 3.32. The Bertz CT molecular complexity index is 163. The first kappa shape index (κ1) is 9.25. The Balaban J connectivity index is 1.94. The summed E-state index contributed by atoms with van der Waals surface area (Å²) >= 11 is 0.410. The zero-order chi connectivity index (χ0) is 8.60. The summed E-state index contributed by atoms with van der Waals surface area (Å²) in [7, 11) is 0. The topological polar surface area (TPSA) is 3.24 Å². The molecule has 1 saturated heterocycles. The molecule has 0 N–H and O–H groups in total. The van der Waals surface area contributed by atoms with E-state index in [0.717, 1.165) is 11.5 Å². The normalized spacial score (nSPS) is 29.9. The molecule has 1 saturated carbocycles. The molecule has 0 bridgehead atoms. The second-order valence-electron chi connectivity index (χ2n) is 4.56. The van der Waals surface area contributed by atoms with Gasteiger partial charge in [-0.05, 0) is 0 Å². The van der Waals surface area contributed by atoms with E-state index < -0.39 is 0 Å². The summed E-state index contributed by atoms with van der Waals surface area (Å²) in [6.07, 6.45) is 6.12. The fourth-order valence-corrected chi connectivity index (χ4v) is 5.96. The zero-order valence-corrected chi connectivity index (χ0v) is 10.3. The number of hydrogen-bond acceptors (Lipinski definition) is 1. The van der Waals surface area contributed by atoms with Gasteiger partial charge in [-0.2, -0.15) is 0 Å². The maximum atomic E-state index is 2.78. The number of rotatable bonds is 1. The molecule has 0 aromatic heterocycles. The Hall–Kier alpha value is 0.690. The van der Waals surface area contributed by atoms with E-state index in [1.54, 1.807) is 10.8 Å². The third kappa shape index (κ3) is 1.65. The molecule has 1 nitrogen and oxygen atoms in total. The van der Waals surface area contributed by atoms with Crippen LogP contribution in [0.5, 0.6) is 0 Å². The van der Waals surface area contributed by atoms with Gasteiger partial charge in [0, 0.05) is 0 Å². The van der Waals surface area contributed by atoms with E-state index in [2.05, 4.69) is 17.0 Å². The van der Waals surface area contributed by atoms with Crippen molar-refractivity contribution in [2.75, 3.05) is 11.0 Å². The van der Waals surface area contributed by atoms with Crippen LogP contribution in [0.3, 0.4) is 0 Å². The van der Waals surface area contributed by atoms with E-state index in [1.165, 1.54) is 25.8 Å². The first-order valence-electron chi connectivity index (χ1n) is 5.08. The van der Waals surface area contributed by atoms with Crippen LogP contribution in [0.1, 0.15) is 39.5 Å². The van der Waals surface area contributed by atoms with E-state index in [-0.39, 0.29) is 0 Å². The third-order valence-corrected chi connectivity index (χ3v) is 6.68. The minimum absolute atomic E-state index is 0.410. The summed E-state index contributed by atoms with van der Waals surface area (Å²) in [6, 6.07) is 0.815. The summed E-state index contributed by atoms with van der Waals surface area (Å²) in [4.78, 5) is 0. The van der Waals surface area contributed by atoms with Crippen molar-refractivity contribution in [1.29, 1.82) is 0 Å². The van der Waals surface area contributed by atoms with Gasteiger partial charge in [-0.3, -0.25) is 0 Å². The standard InChI is InChI=1S/C10H19IN/c1-9(2)12-8-10(4-3-5-10)6-7-11-12/h9H,3-8H2,1-2H3/q-1. The van der Waals surface area contributed by atoms with Crippen molar-refractivity contribution in [2.24, 2.45) is 5.41 Å². The first-order valence-corrected chi connectivity index (χ1v) is 7.57. The molecule has 0 aromatic rings. The van der Waals surface area contributed by atoms with Crippen molar-refractivity contribution in [3.05, 3.63) is 0 Å².